The molecule has 2 aromatic carbocycles. The Hall–Kier alpha value is -2.51. The molecule has 0 aromatic heterocycles. The van der Waals surface area contributed by atoms with Crippen molar-refractivity contribution < 1.29 is 35.9 Å². The van der Waals surface area contributed by atoms with E-state index < -0.39 is 30.4 Å². The van der Waals surface area contributed by atoms with E-state index in [1.54, 1.807) is 6.07 Å². The quantitative estimate of drug-likeness (QED) is 0.372. The first-order chi connectivity index (χ1) is 13.4. The number of hydrogen-bond acceptors (Lipinski definition) is 2. The number of carbonyl (C=O) groups is 1. The molecule has 0 saturated carbocycles. The van der Waals surface area contributed by atoms with E-state index in [0.717, 1.165) is 18.4 Å². The molecule has 0 aliphatic rings. The summed E-state index contributed by atoms with van der Waals surface area (Å²) in [5, 5.41) is 0. The van der Waals surface area contributed by atoms with Crippen molar-refractivity contribution in [1.82, 2.24) is 0 Å². The van der Waals surface area contributed by atoms with Crippen molar-refractivity contribution >= 4 is 6.29 Å². The molecule has 0 bridgehead atoms. The molecule has 0 amide bonds. The van der Waals surface area contributed by atoms with Crippen LogP contribution in [0.25, 0.3) is 11.1 Å². The van der Waals surface area contributed by atoms with Gasteiger partial charge in [0.05, 0.1) is 5.56 Å². The van der Waals surface area contributed by atoms with E-state index in [1.807, 2.05) is 13.8 Å². The van der Waals surface area contributed by atoms with Crippen LogP contribution >= 0.6 is 0 Å². The van der Waals surface area contributed by atoms with Crippen LogP contribution in [0.1, 0.15) is 37.3 Å². The van der Waals surface area contributed by atoms with Crippen LogP contribution in [0, 0.1) is 5.92 Å². The van der Waals surface area contributed by atoms with Crippen LogP contribution in [0.2, 0.25) is 0 Å². The van der Waals surface area contributed by atoms with Crippen LogP contribution in [-0.2, 0) is 11.0 Å². The van der Waals surface area contributed by atoms with Gasteiger partial charge in [0.25, 0.3) is 0 Å². The largest absolute Gasteiger partial charge is 0.483 e. The molecule has 0 spiro atoms. The monoisotopic (exact) mass is 418 g/mol. The van der Waals surface area contributed by atoms with Gasteiger partial charge in [0.15, 0.2) is 6.61 Å². The molecule has 0 heterocycles. The summed E-state index contributed by atoms with van der Waals surface area (Å²) in [6.07, 6.45) is -7.88. The average Bonchev–Trinajstić information content (AvgIpc) is 2.63. The summed E-state index contributed by atoms with van der Waals surface area (Å²) in [5.41, 5.74) is 0.101. The Kier molecular flexibility index (Phi) is 6.97. The standard InChI is InChI=1S/C21H20F6O2/c1-13(2)9-16(11-28)15-5-8-18(19(10-15)29-12-20(22,23)24)14-3-6-17(7-4-14)21(25,26)27/h3-8,10-11,13,16H,9,12H2,1-2H3. The van der Waals surface area contributed by atoms with Crippen LogP contribution < -0.4 is 4.74 Å². The van der Waals surface area contributed by atoms with E-state index in [1.165, 1.54) is 24.3 Å². The third kappa shape index (κ3) is 6.51. The van der Waals surface area contributed by atoms with Gasteiger partial charge in [-0.05, 0) is 41.7 Å². The lowest BCUT2D eigenvalue weighted by Gasteiger charge is -2.18. The van der Waals surface area contributed by atoms with Crippen molar-refractivity contribution in [3.63, 3.8) is 0 Å². The van der Waals surface area contributed by atoms with Crippen LogP contribution in [0.3, 0.4) is 0 Å². The number of benzene rings is 2. The van der Waals surface area contributed by atoms with Crippen LogP contribution in [0.15, 0.2) is 42.5 Å². The Morgan fingerprint density at radius 2 is 1.59 bits per heavy atom. The number of ether oxygens (including phenoxy) is 1. The molecule has 0 N–H and O–H groups in total. The van der Waals surface area contributed by atoms with E-state index >= 15 is 0 Å². The number of carbonyl (C=O) groups excluding carboxylic acids is 1. The first-order valence-electron chi connectivity index (χ1n) is 8.87. The molecule has 8 heteroatoms. The molecular weight excluding hydrogens is 398 g/mol. The van der Waals surface area contributed by atoms with Crippen molar-refractivity contribution in [3.8, 4) is 16.9 Å². The van der Waals surface area contributed by atoms with Gasteiger partial charge < -0.3 is 9.53 Å². The molecule has 158 valence electrons. The zero-order chi connectivity index (χ0) is 21.8. The minimum Gasteiger partial charge on any atom is -0.483 e. The summed E-state index contributed by atoms with van der Waals surface area (Å²) in [6, 6.07) is 8.43. The van der Waals surface area contributed by atoms with E-state index in [2.05, 4.69) is 0 Å². The van der Waals surface area contributed by atoms with Crippen molar-refractivity contribution in [2.45, 2.75) is 38.5 Å². The lowest BCUT2D eigenvalue weighted by molar-refractivity contribution is -0.153. The Morgan fingerprint density at radius 3 is 2.07 bits per heavy atom. The van der Waals surface area contributed by atoms with Crippen molar-refractivity contribution in [2.24, 2.45) is 5.92 Å². The summed E-state index contributed by atoms with van der Waals surface area (Å²) in [7, 11) is 0. The highest BCUT2D eigenvalue weighted by molar-refractivity contribution is 5.73. The number of aldehydes is 1. The molecule has 0 radical (unpaired) electrons. The number of alkyl halides is 6. The summed E-state index contributed by atoms with van der Waals surface area (Å²) in [4.78, 5) is 11.4. The molecule has 29 heavy (non-hydrogen) atoms. The van der Waals surface area contributed by atoms with Crippen molar-refractivity contribution in [3.05, 3.63) is 53.6 Å². The summed E-state index contributed by atoms with van der Waals surface area (Å²) >= 11 is 0. The van der Waals surface area contributed by atoms with Crippen molar-refractivity contribution in [2.75, 3.05) is 6.61 Å². The third-order valence-electron chi connectivity index (χ3n) is 4.24. The van der Waals surface area contributed by atoms with Gasteiger partial charge in [0, 0.05) is 11.5 Å². The van der Waals surface area contributed by atoms with Gasteiger partial charge in [0.2, 0.25) is 0 Å². The summed E-state index contributed by atoms with van der Waals surface area (Å²) in [5.74, 6) is -0.487. The molecule has 0 saturated heterocycles. The van der Waals surface area contributed by atoms with Gasteiger partial charge in [-0.25, -0.2) is 0 Å². The van der Waals surface area contributed by atoms with Gasteiger partial charge in [-0.2, -0.15) is 26.3 Å². The zero-order valence-corrected chi connectivity index (χ0v) is 15.8. The molecule has 0 aliphatic heterocycles. The smallest absolute Gasteiger partial charge is 0.422 e. The predicted octanol–water partition coefficient (Wildman–Crippen LogP) is 6.64. The zero-order valence-electron chi connectivity index (χ0n) is 15.8. The first-order valence-corrected chi connectivity index (χ1v) is 8.87. The van der Waals surface area contributed by atoms with Gasteiger partial charge in [-0.15, -0.1) is 0 Å². The number of rotatable bonds is 7. The highest BCUT2D eigenvalue weighted by Gasteiger charge is 2.31. The van der Waals surface area contributed by atoms with Gasteiger partial charge in [0.1, 0.15) is 12.0 Å². The normalized spacial score (nSPS) is 13.4. The fraction of sp³-hybridized carbons (Fsp3) is 0.381. The third-order valence-corrected chi connectivity index (χ3v) is 4.24. The fourth-order valence-electron chi connectivity index (χ4n) is 2.90. The Balaban J connectivity index is 2.45. The average molecular weight is 418 g/mol. The topological polar surface area (TPSA) is 26.3 Å². The number of hydrogen-bond donors (Lipinski definition) is 0. The maximum absolute atomic E-state index is 12.8. The lowest BCUT2D eigenvalue weighted by Crippen LogP contribution is -2.19. The maximum Gasteiger partial charge on any atom is 0.422 e. The van der Waals surface area contributed by atoms with Crippen LogP contribution in [-0.4, -0.2) is 19.1 Å². The molecule has 1 atom stereocenters. The van der Waals surface area contributed by atoms with E-state index in [0.29, 0.717) is 12.0 Å². The minimum absolute atomic E-state index is 0.143. The predicted molar refractivity (Wildman–Crippen MR) is 96.7 cm³/mol. The van der Waals surface area contributed by atoms with Crippen LogP contribution in [0.5, 0.6) is 5.75 Å². The van der Waals surface area contributed by atoms with Gasteiger partial charge >= 0.3 is 12.4 Å². The maximum atomic E-state index is 12.8. The van der Waals surface area contributed by atoms with Gasteiger partial charge in [-0.3, -0.25) is 0 Å². The summed E-state index contributed by atoms with van der Waals surface area (Å²) in [6.45, 7) is 2.27. The summed E-state index contributed by atoms with van der Waals surface area (Å²) < 4.78 is 81.1. The second-order valence-corrected chi connectivity index (χ2v) is 7.11. The Bertz CT molecular complexity index is 823. The van der Waals surface area contributed by atoms with Crippen molar-refractivity contribution in [1.29, 1.82) is 0 Å². The highest BCUT2D eigenvalue weighted by atomic mass is 19.4. The van der Waals surface area contributed by atoms with E-state index in [4.69, 9.17) is 4.74 Å². The minimum atomic E-state index is -4.59. The van der Waals surface area contributed by atoms with E-state index in [9.17, 15) is 31.1 Å². The SMILES string of the molecule is CC(C)CC(C=O)c1ccc(-c2ccc(C(F)(F)F)cc2)c(OCC(F)(F)F)c1. The molecule has 2 rings (SSSR count). The Labute approximate surface area is 164 Å². The molecule has 2 nitrogen and oxygen atoms in total. The fourth-order valence-corrected chi connectivity index (χ4v) is 2.90. The second-order valence-electron chi connectivity index (χ2n) is 7.11. The lowest BCUT2D eigenvalue weighted by atomic mass is 9.90. The molecule has 1 unspecified atom stereocenters. The number of halogens is 6. The first kappa shape index (κ1) is 22.8. The second kappa shape index (κ2) is 8.88. The highest BCUT2D eigenvalue weighted by Crippen LogP contribution is 2.37. The molecule has 2 aromatic rings. The van der Waals surface area contributed by atoms with E-state index in [-0.39, 0.29) is 22.8 Å². The molecule has 0 aliphatic carbocycles. The molecule has 0 fully saturated rings. The van der Waals surface area contributed by atoms with Gasteiger partial charge in [-0.1, -0.05) is 38.1 Å². The van der Waals surface area contributed by atoms with Crippen LogP contribution in [0.4, 0.5) is 26.3 Å². The Morgan fingerprint density at radius 1 is 0.966 bits per heavy atom. The molecular formula is C21H20F6O2.